The van der Waals surface area contributed by atoms with Gasteiger partial charge in [0.2, 0.25) is 5.91 Å². The van der Waals surface area contributed by atoms with Crippen LogP contribution in [0, 0.1) is 5.82 Å². The minimum atomic E-state index is -0.464. The predicted molar refractivity (Wildman–Crippen MR) is 137 cm³/mol. The Bertz CT molecular complexity index is 1500. The molecule has 0 radical (unpaired) electrons. The highest BCUT2D eigenvalue weighted by molar-refractivity contribution is 5.98. The van der Waals surface area contributed by atoms with E-state index in [0.717, 1.165) is 15.8 Å². The second-order valence-corrected chi connectivity index (χ2v) is 8.95. The maximum Gasteiger partial charge on any atom is 0.267 e. The Balaban J connectivity index is 1.29. The molecule has 186 valence electrons. The third-order valence-corrected chi connectivity index (χ3v) is 6.46. The first kappa shape index (κ1) is 24.1. The largest absolute Gasteiger partial charge is 0.354 e. The lowest BCUT2D eigenvalue weighted by molar-refractivity contribution is -0.122. The molecule has 2 heterocycles. The normalized spacial score (nSPS) is 13.3. The van der Waals surface area contributed by atoms with Crippen LogP contribution in [-0.4, -0.2) is 39.6 Å². The molecule has 0 fully saturated rings. The number of carbonyl (C=O) groups is 2. The molecule has 37 heavy (non-hydrogen) atoms. The Labute approximate surface area is 213 Å². The van der Waals surface area contributed by atoms with Gasteiger partial charge in [-0.05, 0) is 35.4 Å². The maximum absolute atomic E-state index is 14.2. The minimum absolute atomic E-state index is 0.0245. The zero-order valence-corrected chi connectivity index (χ0v) is 20.0. The molecular weight excluding hydrogens is 471 g/mol. The lowest BCUT2D eigenvalue weighted by Gasteiger charge is -2.24. The first-order chi connectivity index (χ1) is 18.0. The van der Waals surface area contributed by atoms with Gasteiger partial charge in [0, 0.05) is 42.7 Å². The van der Waals surface area contributed by atoms with Crippen LogP contribution in [0.15, 0.2) is 95.8 Å². The standard InChI is InChI=1S/C29H25FN4O3/c30-25-13-7-6-12-24(25)26-14-15-28(36)34(32-26)19-27(35)31-16-22(20-8-2-1-3-9-20)18-33-17-21-10-4-5-11-23(21)29(33)37/h1-15,22H,16-19H2,(H,31,35)/t22-/m0/s1. The van der Waals surface area contributed by atoms with E-state index in [9.17, 15) is 18.8 Å². The fourth-order valence-corrected chi connectivity index (χ4v) is 4.54. The van der Waals surface area contributed by atoms with E-state index in [4.69, 9.17) is 0 Å². The third kappa shape index (κ3) is 5.33. The topological polar surface area (TPSA) is 84.3 Å². The Morgan fingerprint density at radius 1 is 0.892 bits per heavy atom. The summed E-state index contributed by atoms with van der Waals surface area (Å²) < 4.78 is 15.2. The summed E-state index contributed by atoms with van der Waals surface area (Å²) in [5.74, 6) is -1.05. The Morgan fingerprint density at radius 2 is 1.59 bits per heavy atom. The molecule has 3 aromatic carbocycles. The molecule has 1 N–H and O–H groups in total. The zero-order valence-electron chi connectivity index (χ0n) is 20.0. The van der Waals surface area contributed by atoms with Crippen molar-refractivity contribution >= 4 is 11.8 Å². The molecular formula is C29H25FN4O3. The van der Waals surface area contributed by atoms with Gasteiger partial charge < -0.3 is 10.2 Å². The van der Waals surface area contributed by atoms with E-state index in [1.807, 2.05) is 54.6 Å². The summed E-state index contributed by atoms with van der Waals surface area (Å²) in [4.78, 5) is 39.9. The van der Waals surface area contributed by atoms with Crippen LogP contribution in [0.2, 0.25) is 0 Å². The van der Waals surface area contributed by atoms with Crippen molar-refractivity contribution in [3.63, 3.8) is 0 Å². The smallest absolute Gasteiger partial charge is 0.267 e. The zero-order chi connectivity index (χ0) is 25.8. The molecule has 0 saturated heterocycles. The second-order valence-electron chi connectivity index (χ2n) is 8.95. The van der Waals surface area contributed by atoms with Crippen molar-refractivity contribution < 1.29 is 14.0 Å². The number of halogens is 1. The lowest BCUT2D eigenvalue weighted by Crippen LogP contribution is -2.38. The van der Waals surface area contributed by atoms with Crippen molar-refractivity contribution in [3.8, 4) is 11.3 Å². The quantitative estimate of drug-likeness (QED) is 0.404. The van der Waals surface area contributed by atoms with Gasteiger partial charge in [-0.25, -0.2) is 9.07 Å². The van der Waals surface area contributed by atoms with Crippen LogP contribution >= 0.6 is 0 Å². The van der Waals surface area contributed by atoms with Crippen LogP contribution in [0.4, 0.5) is 4.39 Å². The van der Waals surface area contributed by atoms with E-state index < -0.39 is 17.3 Å². The summed E-state index contributed by atoms with van der Waals surface area (Å²) in [7, 11) is 0. The third-order valence-electron chi connectivity index (χ3n) is 6.46. The van der Waals surface area contributed by atoms with Crippen molar-refractivity contribution in [1.29, 1.82) is 0 Å². The molecule has 0 spiro atoms. The van der Waals surface area contributed by atoms with Crippen LogP contribution in [0.1, 0.15) is 27.4 Å². The number of fused-ring (bicyclic) bond motifs is 1. The molecule has 4 aromatic rings. The van der Waals surface area contributed by atoms with Gasteiger partial charge in [0.15, 0.2) is 0 Å². The summed E-state index contributed by atoms with van der Waals surface area (Å²) in [6.45, 7) is 0.911. The fraction of sp³-hybridized carbons (Fsp3) is 0.172. The average Bonchev–Trinajstić information content (AvgIpc) is 3.23. The number of hydrogen-bond acceptors (Lipinski definition) is 4. The van der Waals surface area contributed by atoms with Crippen molar-refractivity contribution in [2.75, 3.05) is 13.1 Å². The van der Waals surface area contributed by atoms with Gasteiger partial charge >= 0.3 is 0 Å². The summed E-state index contributed by atoms with van der Waals surface area (Å²) in [5.41, 5.74) is 2.73. The number of hydrogen-bond donors (Lipinski definition) is 1. The SMILES string of the molecule is O=C(Cn1nc(-c2ccccc2F)ccc1=O)NC[C@@H](CN1Cc2ccccc2C1=O)c1ccccc1. The molecule has 2 amide bonds. The van der Waals surface area contributed by atoms with Crippen LogP contribution in [-0.2, 0) is 17.9 Å². The molecule has 1 aromatic heterocycles. The minimum Gasteiger partial charge on any atom is -0.354 e. The molecule has 0 aliphatic carbocycles. The molecule has 7 nitrogen and oxygen atoms in total. The molecule has 5 rings (SSSR count). The van der Waals surface area contributed by atoms with Gasteiger partial charge in [-0.15, -0.1) is 0 Å². The molecule has 1 aliphatic rings. The van der Waals surface area contributed by atoms with Crippen molar-refractivity contribution in [1.82, 2.24) is 20.0 Å². The number of rotatable bonds is 8. The first-order valence-corrected chi connectivity index (χ1v) is 12.0. The lowest BCUT2D eigenvalue weighted by atomic mass is 9.98. The van der Waals surface area contributed by atoms with Gasteiger partial charge in [0.1, 0.15) is 12.4 Å². The van der Waals surface area contributed by atoms with Crippen molar-refractivity contribution in [2.45, 2.75) is 19.0 Å². The monoisotopic (exact) mass is 496 g/mol. The van der Waals surface area contributed by atoms with E-state index in [1.165, 1.54) is 18.2 Å². The predicted octanol–water partition coefficient (Wildman–Crippen LogP) is 3.61. The molecule has 0 saturated carbocycles. The van der Waals surface area contributed by atoms with Crippen LogP contribution in [0.5, 0.6) is 0 Å². The van der Waals surface area contributed by atoms with Crippen LogP contribution in [0.3, 0.4) is 0 Å². The number of amides is 2. The highest BCUT2D eigenvalue weighted by Gasteiger charge is 2.29. The van der Waals surface area contributed by atoms with Crippen molar-refractivity contribution in [3.05, 3.63) is 124 Å². The number of benzene rings is 3. The van der Waals surface area contributed by atoms with E-state index >= 15 is 0 Å². The Kier molecular flexibility index (Phi) is 6.89. The summed E-state index contributed by atoms with van der Waals surface area (Å²) in [6.07, 6.45) is 0. The van der Waals surface area contributed by atoms with Crippen LogP contribution in [0.25, 0.3) is 11.3 Å². The van der Waals surface area contributed by atoms with Gasteiger partial charge in [0.25, 0.3) is 11.5 Å². The number of aromatic nitrogens is 2. The number of nitrogens with one attached hydrogen (secondary N) is 1. The highest BCUT2D eigenvalue weighted by Crippen LogP contribution is 2.26. The van der Waals surface area contributed by atoms with E-state index in [0.29, 0.717) is 18.7 Å². The second kappa shape index (κ2) is 10.6. The molecule has 0 unspecified atom stereocenters. The molecule has 1 aliphatic heterocycles. The molecule has 1 atom stereocenters. The van der Waals surface area contributed by atoms with Gasteiger partial charge in [-0.1, -0.05) is 60.7 Å². The summed E-state index contributed by atoms with van der Waals surface area (Å²) >= 11 is 0. The Morgan fingerprint density at radius 3 is 2.35 bits per heavy atom. The number of nitrogens with zero attached hydrogens (tertiary/aromatic N) is 3. The first-order valence-electron chi connectivity index (χ1n) is 12.0. The van der Waals surface area contributed by atoms with Gasteiger partial charge in [-0.2, -0.15) is 5.10 Å². The van der Waals surface area contributed by atoms with Crippen molar-refractivity contribution in [2.24, 2.45) is 0 Å². The van der Waals surface area contributed by atoms with E-state index in [1.54, 1.807) is 23.1 Å². The average molecular weight is 497 g/mol. The van der Waals surface area contributed by atoms with E-state index in [-0.39, 0.29) is 36.2 Å². The number of carbonyl (C=O) groups excluding carboxylic acids is 2. The fourth-order valence-electron chi connectivity index (χ4n) is 4.54. The summed E-state index contributed by atoms with van der Waals surface area (Å²) in [6, 6.07) is 26.1. The molecule has 8 heteroatoms. The van der Waals surface area contributed by atoms with E-state index in [2.05, 4.69) is 10.4 Å². The maximum atomic E-state index is 14.2. The highest BCUT2D eigenvalue weighted by atomic mass is 19.1. The Hall–Kier alpha value is -4.59. The van der Waals surface area contributed by atoms with Crippen LogP contribution < -0.4 is 10.9 Å². The van der Waals surface area contributed by atoms with Gasteiger partial charge in [-0.3, -0.25) is 14.4 Å². The van der Waals surface area contributed by atoms with Gasteiger partial charge in [0.05, 0.1) is 5.69 Å². The summed E-state index contributed by atoms with van der Waals surface area (Å²) in [5, 5.41) is 7.08. The molecule has 0 bridgehead atoms.